The maximum atomic E-state index is 12.4. The summed E-state index contributed by atoms with van der Waals surface area (Å²) >= 11 is 0. The zero-order chi connectivity index (χ0) is 14.5. The minimum absolute atomic E-state index is 0.338. The molecule has 1 aromatic carbocycles. The van der Waals surface area contributed by atoms with Gasteiger partial charge < -0.3 is 4.90 Å². The standard InChI is InChI=1S/C12H14F2N2O2S/c1-2-16(9-3-8-15)10-4-6-11(7-5-10)19(17,18)12(13)14/h4-7,12H,2-3,9H2,1H3. The van der Waals surface area contributed by atoms with Gasteiger partial charge in [-0.3, -0.25) is 0 Å². The summed E-state index contributed by atoms with van der Waals surface area (Å²) in [6.07, 6.45) is 0.338. The molecule has 0 N–H and O–H groups in total. The van der Waals surface area contributed by atoms with Crippen LogP contribution in [0.25, 0.3) is 0 Å². The fourth-order valence-electron chi connectivity index (χ4n) is 1.60. The summed E-state index contributed by atoms with van der Waals surface area (Å²) in [5, 5.41) is 8.53. The molecule has 104 valence electrons. The second kappa shape index (κ2) is 6.48. The summed E-state index contributed by atoms with van der Waals surface area (Å²) in [7, 11) is -4.55. The first-order chi connectivity index (χ1) is 8.93. The molecule has 0 aliphatic rings. The first-order valence-electron chi connectivity index (χ1n) is 5.67. The summed E-state index contributed by atoms with van der Waals surface area (Å²) < 4.78 is 47.2. The Morgan fingerprint density at radius 1 is 1.32 bits per heavy atom. The van der Waals surface area contributed by atoms with Gasteiger partial charge in [-0.2, -0.15) is 14.0 Å². The molecule has 0 spiro atoms. The molecule has 0 radical (unpaired) electrons. The molecule has 0 atom stereocenters. The van der Waals surface area contributed by atoms with Gasteiger partial charge in [-0.05, 0) is 31.2 Å². The van der Waals surface area contributed by atoms with Gasteiger partial charge in [0.05, 0.1) is 17.4 Å². The smallest absolute Gasteiger partial charge is 0.341 e. The third-order valence-electron chi connectivity index (χ3n) is 2.64. The van der Waals surface area contributed by atoms with Gasteiger partial charge in [0.1, 0.15) is 0 Å². The van der Waals surface area contributed by atoms with Crippen molar-refractivity contribution in [3.8, 4) is 6.07 Å². The monoisotopic (exact) mass is 288 g/mol. The largest absolute Gasteiger partial charge is 0.371 e. The van der Waals surface area contributed by atoms with Crippen molar-refractivity contribution in [2.24, 2.45) is 0 Å². The van der Waals surface area contributed by atoms with Crippen molar-refractivity contribution in [2.75, 3.05) is 18.0 Å². The van der Waals surface area contributed by atoms with E-state index in [0.717, 1.165) is 12.1 Å². The highest BCUT2D eigenvalue weighted by Crippen LogP contribution is 2.22. The van der Waals surface area contributed by atoms with Gasteiger partial charge >= 0.3 is 5.76 Å². The maximum absolute atomic E-state index is 12.4. The van der Waals surface area contributed by atoms with Crippen LogP contribution in [0.3, 0.4) is 0 Å². The Bertz CT molecular complexity index is 550. The van der Waals surface area contributed by atoms with Gasteiger partial charge in [0.2, 0.25) is 9.84 Å². The van der Waals surface area contributed by atoms with Crippen LogP contribution in [0.15, 0.2) is 29.2 Å². The highest BCUT2D eigenvalue weighted by molar-refractivity contribution is 7.91. The van der Waals surface area contributed by atoms with Crippen LogP contribution in [-0.2, 0) is 9.84 Å². The fourth-order valence-corrected chi connectivity index (χ4v) is 2.33. The molecule has 1 rings (SSSR count). The number of halogens is 2. The third-order valence-corrected chi connectivity index (χ3v) is 4.04. The van der Waals surface area contributed by atoms with Crippen LogP contribution in [0.1, 0.15) is 13.3 Å². The molecule has 0 unspecified atom stereocenters. The Kier molecular flexibility index (Phi) is 5.24. The predicted octanol–water partition coefficient (Wildman–Crippen LogP) is 2.42. The van der Waals surface area contributed by atoms with E-state index in [1.165, 1.54) is 12.1 Å². The number of hydrogen-bond acceptors (Lipinski definition) is 4. The molecule has 1 aromatic rings. The topological polar surface area (TPSA) is 61.2 Å². The first kappa shape index (κ1) is 15.4. The lowest BCUT2D eigenvalue weighted by Crippen LogP contribution is -2.23. The van der Waals surface area contributed by atoms with Crippen LogP contribution in [-0.4, -0.2) is 27.3 Å². The lowest BCUT2D eigenvalue weighted by molar-refractivity contribution is 0.234. The lowest BCUT2D eigenvalue weighted by Gasteiger charge is -2.21. The summed E-state index contributed by atoms with van der Waals surface area (Å²) in [6.45, 7) is 3.04. The summed E-state index contributed by atoms with van der Waals surface area (Å²) in [5.41, 5.74) is 0.700. The normalized spacial score (nSPS) is 11.3. The second-order valence-electron chi connectivity index (χ2n) is 3.79. The van der Waals surface area contributed by atoms with E-state index in [1.54, 1.807) is 0 Å². The molecule has 0 amide bonds. The average molecular weight is 288 g/mol. The molecule has 0 fully saturated rings. The molecule has 0 bridgehead atoms. The van der Waals surface area contributed by atoms with Crippen LogP contribution >= 0.6 is 0 Å². The highest BCUT2D eigenvalue weighted by Gasteiger charge is 2.26. The number of rotatable bonds is 6. The third kappa shape index (κ3) is 3.64. The van der Waals surface area contributed by atoms with Crippen LogP contribution in [0.4, 0.5) is 14.5 Å². The van der Waals surface area contributed by atoms with Crippen molar-refractivity contribution in [1.82, 2.24) is 0 Å². The Morgan fingerprint density at radius 2 is 1.89 bits per heavy atom. The molecule has 0 saturated heterocycles. The van der Waals surface area contributed by atoms with Crippen LogP contribution < -0.4 is 4.90 Å². The van der Waals surface area contributed by atoms with E-state index >= 15 is 0 Å². The SMILES string of the molecule is CCN(CCC#N)c1ccc(S(=O)(=O)C(F)F)cc1. The predicted molar refractivity (Wildman–Crippen MR) is 67.7 cm³/mol. The Balaban J connectivity index is 2.96. The van der Waals surface area contributed by atoms with Crippen LogP contribution in [0, 0.1) is 11.3 Å². The van der Waals surface area contributed by atoms with E-state index in [9.17, 15) is 17.2 Å². The zero-order valence-corrected chi connectivity index (χ0v) is 11.2. The Labute approximate surface area is 111 Å². The summed E-state index contributed by atoms with van der Waals surface area (Å²) in [5.74, 6) is -3.42. The van der Waals surface area contributed by atoms with Crippen molar-refractivity contribution >= 4 is 15.5 Å². The van der Waals surface area contributed by atoms with Crippen molar-refractivity contribution in [1.29, 1.82) is 5.26 Å². The molecular weight excluding hydrogens is 274 g/mol. The van der Waals surface area contributed by atoms with E-state index in [-0.39, 0.29) is 0 Å². The number of nitrogens with zero attached hydrogens (tertiary/aromatic N) is 2. The van der Waals surface area contributed by atoms with Gasteiger partial charge in [-0.1, -0.05) is 0 Å². The molecular formula is C12H14F2N2O2S. The van der Waals surface area contributed by atoms with E-state index in [0.29, 0.717) is 25.2 Å². The maximum Gasteiger partial charge on any atom is 0.341 e. The quantitative estimate of drug-likeness (QED) is 0.806. The molecule has 0 aliphatic carbocycles. The Hall–Kier alpha value is -1.68. The van der Waals surface area contributed by atoms with E-state index < -0.39 is 20.5 Å². The van der Waals surface area contributed by atoms with Crippen molar-refractivity contribution in [2.45, 2.75) is 24.0 Å². The van der Waals surface area contributed by atoms with Gasteiger partial charge in [0.15, 0.2) is 0 Å². The number of nitriles is 1. The zero-order valence-electron chi connectivity index (χ0n) is 10.4. The van der Waals surface area contributed by atoms with Crippen molar-refractivity contribution < 1.29 is 17.2 Å². The molecule has 0 saturated carbocycles. The van der Waals surface area contributed by atoms with Crippen molar-refractivity contribution in [3.05, 3.63) is 24.3 Å². The Morgan fingerprint density at radius 3 is 2.32 bits per heavy atom. The van der Waals surface area contributed by atoms with E-state index in [1.807, 2.05) is 17.9 Å². The minimum Gasteiger partial charge on any atom is -0.371 e. The van der Waals surface area contributed by atoms with Gasteiger partial charge in [-0.15, -0.1) is 0 Å². The number of anilines is 1. The fraction of sp³-hybridized carbons (Fsp3) is 0.417. The lowest BCUT2D eigenvalue weighted by atomic mass is 10.2. The van der Waals surface area contributed by atoms with Gasteiger partial charge in [0, 0.05) is 18.8 Å². The van der Waals surface area contributed by atoms with Gasteiger partial charge in [0.25, 0.3) is 0 Å². The van der Waals surface area contributed by atoms with E-state index in [4.69, 9.17) is 5.26 Å². The molecule has 0 aromatic heterocycles. The molecule has 0 heterocycles. The molecule has 0 aliphatic heterocycles. The number of alkyl halides is 2. The first-order valence-corrected chi connectivity index (χ1v) is 7.22. The summed E-state index contributed by atoms with van der Waals surface area (Å²) in [6, 6.07) is 7.27. The number of hydrogen-bond donors (Lipinski definition) is 0. The van der Waals surface area contributed by atoms with Crippen molar-refractivity contribution in [3.63, 3.8) is 0 Å². The molecule has 4 nitrogen and oxygen atoms in total. The van der Waals surface area contributed by atoms with Crippen LogP contribution in [0.5, 0.6) is 0 Å². The number of benzene rings is 1. The highest BCUT2D eigenvalue weighted by atomic mass is 32.2. The van der Waals surface area contributed by atoms with Gasteiger partial charge in [-0.25, -0.2) is 8.42 Å². The summed E-state index contributed by atoms with van der Waals surface area (Å²) in [4.78, 5) is 1.46. The molecule has 19 heavy (non-hydrogen) atoms. The van der Waals surface area contributed by atoms with Crippen LogP contribution in [0.2, 0.25) is 0 Å². The average Bonchev–Trinajstić information content (AvgIpc) is 2.40. The minimum atomic E-state index is -4.55. The second-order valence-corrected chi connectivity index (χ2v) is 5.71. The molecule has 7 heteroatoms. The number of sulfone groups is 1. The van der Waals surface area contributed by atoms with E-state index in [2.05, 4.69) is 0 Å².